The van der Waals surface area contributed by atoms with E-state index in [1.54, 1.807) is 12.0 Å². The third-order valence-electron chi connectivity index (χ3n) is 6.05. The van der Waals surface area contributed by atoms with Crippen LogP contribution in [0.15, 0.2) is 66.9 Å². The highest BCUT2D eigenvalue weighted by Gasteiger charge is 2.32. The van der Waals surface area contributed by atoms with Crippen molar-refractivity contribution in [3.05, 3.63) is 88.6 Å². The normalized spacial score (nSPS) is 15.7. The average Bonchev–Trinajstić information content (AvgIpc) is 3.20. The van der Waals surface area contributed by atoms with Crippen molar-refractivity contribution in [2.45, 2.75) is 12.5 Å². The molecule has 0 saturated heterocycles. The molecule has 0 fully saturated rings. The SMILES string of the molecule is COc1ccc(-c2ccc3c(c2)CCN(C(N)=O)C3c2c[nH]c3ccc(Cl)cc23)cc1. The van der Waals surface area contributed by atoms with Gasteiger partial charge in [0.25, 0.3) is 0 Å². The molecule has 3 aromatic carbocycles. The molecule has 1 aliphatic heterocycles. The first-order valence-electron chi connectivity index (χ1n) is 10.1. The first-order valence-corrected chi connectivity index (χ1v) is 10.5. The number of ether oxygens (including phenoxy) is 1. The van der Waals surface area contributed by atoms with Gasteiger partial charge in [0.1, 0.15) is 5.75 Å². The van der Waals surface area contributed by atoms with Gasteiger partial charge in [-0.25, -0.2) is 4.79 Å². The molecule has 1 aliphatic rings. The average molecular weight is 432 g/mol. The molecule has 5 rings (SSSR count). The summed E-state index contributed by atoms with van der Waals surface area (Å²) in [6.07, 6.45) is 2.70. The van der Waals surface area contributed by atoms with Crippen LogP contribution in [0, 0.1) is 0 Å². The predicted molar refractivity (Wildman–Crippen MR) is 124 cm³/mol. The Balaban J connectivity index is 1.62. The number of H-pyrrole nitrogens is 1. The summed E-state index contributed by atoms with van der Waals surface area (Å²) in [6, 6.07) is 19.5. The lowest BCUT2D eigenvalue weighted by atomic mass is 9.86. The second-order valence-electron chi connectivity index (χ2n) is 7.76. The van der Waals surface area contributed by atoms with Gasteiger partial charge in [0, 0.05) is 34.2 Å². The molecule has 0 spiro atoms. The van der Waals surface area contributed by atoms with Crippen LogP contribution in [0.25, 0.3) is 22.0 Å². The van der Waals surface area contributed by atoms with Crippen molar-refractivity contribution in [1.29, 1.82) is 0 Å². The zero-order valence-corrected chi connectivity index (χ0v) is 17.8. The molecule has 0 bridgehead atoms. The molecule has 31 heavy (non-hydrogen) atoms. The third-order valence-corrected chi connectivity index (χ3v) is 6.28. The fourth-order valence-corrected chi connectivity index (χ4v) is 4.68. The minimum absolute atomic E-state index is 0.265. The molecule has 0 radical (unpaired) electrons. The van der Waals surface area contributed by atoms with Gasteiger partial charge in [-0.2, -0.15) is 0 Å². The lowest BCUT2D eigenvalue weighted by molar-refractivity contribution is 0.190. The first-order chi connectivity index (χ1) is 15.0. The van der Waals surface area contributed by atoms with E-state index in [-0.39, 0.29) is 6.04 Å². The monoisotopic (exact) mass is 431 g/mol. The van der Waals surface area contributed by atoms with E-state index in [0.29, 0.717) is 11.6 Å². The number of hydrogen-bond acceptors (Lipinski definition) is 2. The number of halogens is 1. The number of amides is 2. The first kappa shape index (κ1) is 19.5. The highest BCUT2D eigenvalue weighted by molar-refractivity contribution is 6.31. The second kappa shape index (κ2) is 7.67. The largest absolute Gasteiger partial charge is 0.497 e. The minimum Gasteiger partial charge on any atom is -0.497 e. The van der Waals surface area contributed by atoms with Crippen molar-refractivity contribution < 1.29 is 9.53 Å². The van der Waals surface area contributed by atoms with Gasteiger partial charge < -0.3 is 20.4 Å². The summed E-state index contributed by atoms with van der Waals surface area (Å²) in [5, 5.41) is 1.65. The maximum absolute atomic E-state index is 12.3. The Hall–Kier alpha value is -3.44. The van der Waals surface area contributed by atoms with Crippen molar-refractivity contribution in [1.82, 2.24) is 9.88 Å². The number of carbonyl (C=O) groups excluding carboxylic acids is 1. The summed E-state index contributed by atoms with van der Waals surface area (Å²) in [5.74, 6) is 0.830. The minimum atomic E-state index is -0.425. The summed E-state index contributed by atoms with van der Waals surface area (Å²) >= 11 is 6.27. The number of methoxy groups -OCH3 is 1. The Labute approximate surface area is 185 Å². The number of aromatic amines is 1. The van der Waals surface area contributed by atoms with E-state index in [1.165, 1.54) is 5.56 Å². The Bertz CT molecular complexity index is 1280. The van der Waals surface area contributed by atoms with Crippen molar-refractivity contribution in [2.75, 3.05) is 13.7 Å². The smallest absolute Gasteiger partial charge is 0.315 e. The molecule has 0 saturated carbocycles. The van der Waals surface area contributed by atoms with E-state index < -0.39 is 6.03 Å². The molecule has 6 heteroatoms. The summed E-state index contributed by atoms with van der Waals surface area (Å²) in [5.41, 5.74) is 12.3. The highest BCUT2D eigenvalue weighted by atomic mass is 35.5. The molecule has 2 amide bonds. The van der Waals surface area contributed by atoms with Crippen LogP contribution in [0.2, 0.25) is 5.02 Å². The van der Waals surface area contributed by atoms with Crippen LogP contribution in [0.3, 0.4) is 0 Å². The highest BCUT2D eigenvalue weighted by Crippen LogP contribution is 2.40. The van der Waals surface area contributed by atoms with Gasteiger partial charge in [-0.05, 0) is 59.0 Å². The predicted octanol–water partition coefficient (Wildman–Crippen LogP) is 5.52. The van der Waals surface area contributed by atoms with Crippen molar-refractivity contribution >= 4 is 28.5 Å². The number of fused-ring (bicyclic) bond motifs is 2. The molecule has 0 aliphatic carbocycles. The van der Waals surface area contributed by atoms with Gasteiger partial charge >= 0.3 is 6.03 Å². The molecule has 4 aromatic rings. The lowest BCUT2D eigenvalue weighted by Crippen LogP contribution is -2.43. The molecule has 1 unspecified atom stereocenters. The van der Waals surface area contributed by atoms with Crippen molar-refractivity contribution in [3.63, 3.8) is 0 Å². The quantitative estimate of drug-likeness (QED) is 0.448. The Morgan fingerprint density at radius 3 is 2.58 bits per heavy atom. The number of urea groups is 1. The molecular formula is C25H22ClN3O2. The van der Waals surface area contributed by atoms with Gasteiger partial charge in [0.05, 0.1) is 13.2 Å². The number of rotatable bonds is 3. The fraction of sp³-hybridized carbons (Fsp3) is 0.160. The Morgan fingerprint density at radius 2 is 1.84 bits per heavy atom. The Morgan fingerprint density at radius 1 is 1.06 bits per heavy atom. The number of carbonyl (C=O) groups is 1. The Kier molecular flexibility index (Phi) is 4.83. The molecule has 1 aromatic heterocycles. The topological polar surface area (TPSA) is 71.3 Å². The molecule has 1 atom stereocenters. The van der Waals surface area contributed by atoms with Crippen molar-refractivity contribution in [2.24, 2.45) is 5.73 Å². The number of primary amides is 1. The van der Waals surface area contributed by atoms with Crippen LogP contribution in [-0.4, -0.2) is 29.6 Å². The number of nitrogens with one attached hydrogen (secondary N) is 1. The van der Waals surface area contributed by atoms with Crippen LogP contribution >= 0.6 is 11.6 Å². The van der Waals surface area contributed by atoms with Crippen LogP contribution in [0.1, 0.15) is 22.7 Å². The van der Waals surface area contributed by atoms with E-state index in [2.05, 4.69) is 35.3 Å². The number of aromatic nitrogens is 1. The molecule has 2 heterocycles. The zero-order valence-electron chi connectivity index (χ0n) is 17.1. The number of hydrogen-bond donors (Lipinski definition) is 2. The molecule has 3 N–H and O–H groups in total. The number of nitrogens with zero attached hydrogens (tertiary/aromatic N) is 1. The summed E-state index contributed by atoms with van der Waals surface area (Å²) in [6.45, 7) is 0.562. The van der Waals surface area contributed by atoms with E-state index in [4.69, 9.17) is 22.1 Å². The summed E-state index contributed by atoms with van der Waals surface area (Å²) in [4.78, 5) is 17.4. The van der Waals surface area contributed by atoms with E-state index in [0.717, 1.165) is 45.3 Å². The van der Waals surface area contributed by atoms with Gasteiger partial charge in [0.15, 0.2) is 0 Å². The van der Waals surface area contributed by atoms with Gasteiger partial charge in [-0.15, -0.1) is 0 Å². The summed E-state index contributed by atoms with van der Waals surface area (Å²) < 4.78 is 5.27. The maximum Gasteiger partial charge on any atom is 0.315 e. The van der Waals surface area contributed by atoms with E-state index >= 15 is 0 Å². The van der Waals surface area contributed by atoms with Gasteiger partial charge in [0.2, 0.25) is 0 Å². The third kappa shape index (κ3) is 3.41. The van der Waals surface area contributed by atoms with Gasteiger partial charge in [-0.3, -0.25) is 0 Å². The number of nitrogens with two attached hydrogens (primary N) is 1. The summed E-state index contributed by atoms with van der Waals surface area (Å²) in [7, 11) is 1.66. The molecule has 5 nitrogen and oxygen atoms in total. The number of benzene rings is 3. The zero-order chi connectivity index (χ0) is 21.5. The second-order valence-corrected chi connectivity index (χ2v) is 8.20. The standard InChI is InChI=1S/C25H22ClN3O2/c1-31-19-6-2-15(3-7-19)16-4-8-20-17(12-16)10-11-29(25(27)30)24(20)22-14-28-23-9-5-18(26)13-21(22)23/h2-9,12-14,24,28H,10-11H2,1H3,(H2,27,30). The lowest BCUT2D eigenvalue weighted by Gasteiger charge is -2.36. The molecular weight excluding hydrogens is 410 g/mol. The van der Waals surface area contributed by atoms with Crippen LogP contribution in [0.4, 0.5) is 4.79 Å². The van der Waals surface area contributed by atoms with Crippen LogP contribution in [0.5, 0.6) is 5.75 Å². The fourth-order valence-electron chi connectivity index (χ4n) is 4.50. The molecule has 156 valence electrons. The van der Waals surface area contributed by atoms with E-state index in [9.17, 15) is 4.79 Å². The maximum atomic E-state index is 12.3. The van der Waals surface area contributed by atoms with Gasteiger partial charge in [-0.1, -0.05) is 41.9 Å². The van der Waals surface area contributed by atoms with Crippen LogP contribution < -0.4 is 10.5 Å². The van der Waals surface area contributed by atoms with E-state index in [1.807, 2.05) is 36.5 Å². The van der Waals surface area contributed by atoms with Crippen molar-refractivity contribution in [3.8, 4) is 16.9 Å². The van der Waals surface area contributed by atoms with Crippen LogP contribution in [-0.2, 0) is 6.42 Å².